The fourth-order valence-corrected chi connectivity index (χ4v) is 1.02. The van der Waals surface area contributed by atoms with Crippen LogP contribution < -0.4 is 0 Å². The fraction of sp³-hybridized carbons (Fsp3) is 0.200. The first-order valence-corrected chi connectivity index (χ1v) is 4.04. The molecule has 0 saturated heterocycles. The van der Waals surface area contributed by atoms with Gasteiger partial charge in [-0.15, -0.1) is 0 Å². The Morgan fingerprint density at radius 2 is 1.47 bits per heavy atom. The highest BCUT2D eigenvalue weighted by molar-refractivity contribution is 6.01. The Hall–Kier alpha value is -1.88. The van der Waals surface area contributed by atoms with Gasteiger partial charge in [0.1, 0.15) is 0 Å². The Bertz CT molecular complexity index is 370. The van der Waals surface area contributed by atoms with Gasteiger partial charge >= 0.3 is 11.9 Å². The van der Waals surface area contributed by atoms with Crippen LogP contribution in [0.3, 0.4) is 0 Å². The van der Waals surface area contributed by atoms with Crippen LogP contribution in [-0.4, -0.2) is 34.4 Å². The molecule has 1 rings (SSSR count). The molecule has 5 nitrogen and oxygen atoms in total. The van der Waals surface area contributed by atoms with Crippen molar-refractivity contribution in [3.05, 3.63) is 34.9 Å². The van der Waals surface area contributed by atoms with E-state index in [4.69, 9.17) is 15.3 Å². The van der Waals surface area contributed by atoms with Gasteiger partial charge in [0.2, 0.25) is 0 Å². The number of hydrogen-bond donors (Lipinski definition) is 3. The van der Waals surface area contributed by atoms with E-state index in [0.29, 0.717) is 0 Å². The Morgan fingerprint density at radius 1 is 1.00 bits per heavy atom. The molecule has 15 heavy (non-hydrogen) atoms. The van der Waals surface area contributed by atoms with Crippen LogP contribution in [0.4, 0.5) is 0 Å². The minimum atomic E-state index is -1.22. The molecule has 0 aliphatic heterocycles. The quantitative estimate of drug-likeness (QED) is 0.679. The minimum absolute atomic E-state index is 0.174. The number of aliphatic hydroxyl groups excluding tert-OH is 1. The van der Waals surface area contributed by atoms with Crippen molar-refractivity contribution in [1.82, 2.24) is 0 Å². The van der Waals surface area contributed by atoms with Crippen molar-refractivity contribution < 1.29 is 24.9 Å². The highest BCUT2D eigenvalue weighted by Gasteiger charge is 2.14. The zero-order valence-corrected chi connectivity index (χ0v) is 8.39. The number of aliphatic hydroxyl groups is 1. The third-order valence-electron chi connectivity index (χ3n) is 1.64. The molecule has 0 fully saturated rings. The molecule has 0 atom stereocenters. The summed E-state index contributed by atoms with van der Waals surface area (Å²) in [6.07, 6.45) is 0. The van der Waals surface area contributed by atoms with E-state index in [9.17, 15) is 9.59 Å². The Morgan fingerprint density at radius 3 is 1.87 bits per heavy atom. The molecule has 0 spiro atoms. The third kappa shape index (κ3) is 3.40. The zero-order valence-electron chi connectivity index (χ0n) is 8.39. The van der Waals surface area contributed by atoms with E-state index in [1.165, 1.54) is 12.1 Å². The average molecular weight is 212 g/mol. The van der Waals surface area contributed by atoms with Crippen LogP contribution in [0, 0.1) is 6.92 Å². The number of aryl methyl sites for hydroxylation is 1. The lowest BCUT2D eigenvalue weighted by atomic mass is 10.0. The van der Waals surface area contributed by atoms with Crippen molar-refractivity contribution in [3.8, 4) is 0 Å². The highest BCUT2D eigenvalue weighted by atomic mass is 16.4. The van der Waals surface area contributed by atoms with E-state index in [2.05, 4.69) is 0 Å². The van der Waals surface area contributed by atoms with Gasteiger partial charge in [-0.3, -0.25) is 0 Å². The van der Waals surface area contributed by atoms with Crippen molar-refractivity contribution >= 4 is 11.9 Å². The molecule has 0 aromatic heterocycles. The zero-order chi connectivity index (χ0) is 12.0. The van der Waals surface area contributed by atoms with Crippen molar-refractivity contribution in [2.75, 3.05) is 7.11 Å². The molecule has 0 heterocycles. The largest absolute Gasteiger partial charge is 0.478 e. The molecular formula is C10H12O5. The van der Waals surface area contributed by atoms with Crippen LogP contribution in [0.25, 0.3) is 0 Å². The predicted molar refractivity (Wildman–Crippen MR) is 53.2 cm³/mol. The highest BCUT2D eigenvalue weighted by Crippen LogP contribution is 2.11. The van der Waals surface area contributed by atoms with E-state index >= 15 is 0 Å². The normalized spacial score (nSPS) is 8.73. The van der Waals surface area contributed by atoms with Crippen LogP contribution >= 0.6 is 0 Å². The lowest BCUT2D eigenvalue weighted by Gasteiger charge is -2.01. The maximum Gasteiger partial charge on any atom is 0.336 e. The van der Waals surface area contributed by atoms with E-state index in [-0.39, 0.29) is 11.1 Å². The van der Waals surface area contributed by atoms with Gasteiger partial charge in [0.05, 0.1) is 11.1 Å². The van der Waals surface area contributed by atoms with Crippen LogP contribution in [0.15, 0.2) is 18.2 Å². The minimum Gasteiger partial charge on any atom is -0.478 e. The second-order valence-electron chi connectivity index (χ2n) is 2.66. The van der Waals surface area contributed by atoms with Gasteiger partial charge in [0.15, 0.2) is 0 Å². The summed E-state index contributed by atoms with van der Waals surface area (Å²) in [5.41, 5.74) is 0.369. The molecule has 0 bridgehead atoms. The summed E-state index contributed by atoms with van der Waals surface area (Å²) in [5, 5.41) is 24.3. The van der Waals surface area contributed by atoms with Gasteiger partial charge in [-0.1, -0.05) is 11.6 Å². The summed E-state index contributed by atoms with van der Waals surface area (Å²) < 4.78 is 0. The molecule has 0 saturated carbocycles. The number of hydrogen-bond acceptors (Lipinski definition) is 3. The van der Waals surface area contributed by atoms with Crippen molar-refractivity contribution in [2.45, 2.75) is 6.92 Å². The van der Waals surface area contributed by atoms with E-state index < -0.39 is 11.9 Å². The van der Waals surface area contributed by atoms with Crippen LogP contribution in [-0.2, 0) is 0 Å². The topological polar surface area (TPSA) is 94.8 Å². The number of aromatic carboxylic acids is 2. The molecule has 3 N–H and O–H groups in total. The third-order valence-corrected chi connectivity index (χ3v) is 1.64. The molecule has 0 aliphatic rings. The summed E-state index contributed by atoms with van der Waals surface area (Å²) in [4.78, 5) is 21.2. The number of carboxylic acids is 2. The van der Waals surface area contributed by atoms with Crippen molar-refractivity contribution in [1.29, 1.82) is 0 Å². The number of carboxylic acid groups (broad SMARTS) is 2. The summed E-state index contributed by atoms with van der Waals surface area (Å²) in [7, 11) is 1.00. The molecule has 0 aliphatic carbocycles. The molecule has 5 heteroatoms. The monoisotopic (exact) mass is 212 g/mol. The maximum absolute atomic E-state index is 10.6. The van der Waals surface area contributed by atoms with Gasteiger partial charge in [-0.05, 0) is 19.1 Å². The number of carbonyl (C=O) groups is 2. The molecule has 1 aromatic carbocycles. The molecular weight excluding hydrogens is 200 g/mol. The smallest absolute Gasteiger partial charge is 0.336 e. The van der Waals surface area contributed by atoms with E-state index in [1.54, 1.807) is 13.0 Å². The molecule has 0 amide bonds. The second-order valence-corrected chi connectivity index (χ2v) is 2.66. The number of rotatable bonds is 2. The van der Waals surface area contributed by atoms with Gasteiger partial charge in [-0.2, -0.15) is 0 Å². The summed E-state index contributed by atoms with van der Waals surface area (Å²) in [5.74, 6) is -2.45. The van der Waals surface area contributed by atoms with Crippen LogP contribution in [0.5, 0.6) is 0 Å². The predicted octanol–water partition coefficient (Wildman–Crippen LogP) is 1.000. The fourth-order valence-electron chi connectivity index (χ4n) is 1.02. The van der Waals surface area contributed by atoms with Gasteiger partial charge < -0.3 is 15.3 Å². The Balaban J connectivity index is 0.000000921. The van der Waals surface area contributed by atoms with Crippen LogP contribution in [0.1, 0.15) is 26.3 Å². The second kappa shape index (κ2) is 5.77. The summed E-state index contributed by atoms with van der Waals surface area (Å²) in [6, 6.07) is 4.20. The Labute approximate surface area is 86.6 Å². The van der Waals surface area contributed by atoms with E-state index in [0.717, 1.165) is 12.7 Å². The lowest BCUT2D eigenvalue weighted by Crippen LogP contribution is -2.07. The maximum atomic E-state index is 10.6. The average Bonchev–Trinajstić information content (AvgIpc) is 2.20. The summed E-state index contributed by atoms with van der Waals surface area (Å²) >= 11 is 0. The van der Waals surface area contributed by atoms with Gasteiger partial charge in [-0.25, -0.2) is 9.59 Å². The van der Waals surface area contributed by atoms with Crippen LogP contribution in [0.2, 0.25) is 0 Å². The molecule has 1 aromatic rings. The van der Waals surface area contributed by atoms with Crippen molar-refractivity contribution in [2.24, 2.45) is 0 Å². The lowest BCUT2D eigenvalue weighted by molar-refractivity contribution is 0.0651. The van der Waals surface area contributed by atoms with Gasteiger partial charge in [0, 0.05) is 7.11 Å². The number of benzene rings is 1. The Kier molecular flexibility index (Phi) is 5.04. The first kappa shape index (κ1) is 13.1. The standard InChI is InChI=1S/C9H8O4.CH4O/c1-5-2-3-6(8(10)11)7(4-5)9(12)13;1-2/h2-4H,1H3,(H,10,11)(H,12,13);2H,1H3. The van der Waals surface area contributed by atoms with Gasteiger partial charge in [0.25, 0.3) is 0 Å². The first-order valence-electron chi connectivity index (χ1n) is 4.04. The first-order chi connectivity index (χ1) is 7.02. The summed E-state index contributed by atoms with van der Waals surface area (Å²) in [6.45, 7) is 1.71. The molecule has 0 radical (unpaired) electrons. The van der Waals surface area contributed by atoms with Crippen molar-refractivity contribution in [3.63, 3.8) is 0 Å². The molecule has 0 unspecified atom stereocenters. The van der Waals surface area contributed by atoms with E-state index in [1.807, 2.05) is 0 Å². The SMILES string of the molecule is CO.Cc1ccc(C(=O)O)c(C(=O)O)c1. The molecule has 82 valence electrons.